The minimum absolute atomic E-state index is 0.00876. The Bertz CT molecular complexity index is 711. The summed E-state index contributed by atoms with van der Waals surface area (Å²) in [6.45, 7) is 2.26. The van der Waals surface area contributed by atoms with Gasteiger partial charge in [0.2, 0.25) is 5.91 Å². The fraction of sp³-hybridized carbons (Fsp3) is 0.333. The second-order valence-corrected chi connectivity index (χ2v) is 5.12. The van der Waals surface area contributed by atoms with Crippen molar-refractivity contribution in [3.63, 3.8) is 0 Å². The van der Waals surface area contributed by atoms with Crippen molar-refractivity contribution in [3.8, 4) is 11.3 Å². The maximum atomic E-state index is 11.9. The molecule has 2 aromatic heterocycles. The van der Waals surface area contributed by atoms with Crippen molar-refractivity contribution in [2.24, 2.45) is 0 Å². The molecule has 1 saturated heterocycles. The summed E-state index contributed by atoms with van der Waals surface area (Å²) in [6, 6.07) is 4.94. The Balaban J connectivity index is 2.02. The van der Waals surface area contributed by atoms with Gasteiger partial charge in [0.05, 0.1) is 11.7 Å². The first kappa shape index (κ1) is 13.5. The molecule has 0 aromatic carbocycles. The number of hydrogen-bond donors (Lipinski definition) is 1. The normalized spacial score (nSPS) is 18.0. The van der Waals surface area contributed by atoms with Crippen LogP contribution >= 0.6 is 0 Å². The summed E-state index contributed by atoms with van der Waals surface area (Å²) < 4.78 is 0. The number of carbonyl (C=O) groups is 1. The molecule has 1 aliphatic rings. The zero-order valence-corrected chi connectivity index (χ0v) is 11.7. The molecular formula is C15H16N4O2. The van der Waals surface area contributed by atoms with Crippen molar-refractivity contribution in [1.82, 2.24) is 19.9 Å². The largest absolute Gasteiger partial charge is 0.333 e. The Kier molecular flexibility index (Phi) is 3.51. The van der Waals surface area contributed by atoms with E-state index >= 15 is 0 Å². The molecule has 3 rings (SSSR count). The number of nitrogens with one attached hydrogen (secondary N) is 1. The Morgan fingerprint density at radius 3 is 2.86 bits per heavy atom. The van der Waals surface area contributed by atoms with Crippen LogP contribution in [0.15, 0.2) is 35.4 Å². The summed E-state index contributed by atoms with van der Waals surface area (Å²) in [5.41, 5.74) is 1.23. The van der Waals surface area contributed by atoms with Crippen LogP contribution in [0.5, 0.6) is 0 Å². The minimum atomic E-state index is -0.206. The molecular weight excluding hydrogens is 268 g/mol. The Labute approximate surface area is 121 Å². The Hall–Kier alpha value is -2.50. The zero-order chi connectivity index (χ0) is 14.8. The Morgan fingerprint density at radius 1 is 1.38 bits per heavy atom. The van der Waals surface area contributed by atoms with Crippen LogP contribution in [0.2, 0.25) is 0 Å². The van der Waals surface area contributed by atoms with Crippen LogP contribution in [0, 0.1) is 0 Å². The molecule has 3 heterocycles. The molecule has 0 spiro atoms. The van der Waals surface area contributed by atoms with Crippen molar-refractivity contribution in [3.05, 3.63) is 46.8 Å². The maximum Gasteiger partial charge on any atom is 0.251 e. The molecule has 108 valence electrons. The number of rotatable bonds is 2. The van der Waals surface area contributed by atoms with Crippen molar-refractivity contribution >= 4 is 5.91 Å². The molecule has 0 saturated carbocycles. The second kappa shape index (κ2) is 5.47. The van der Waals surface area contributed by atoms with E-state index in [4.69, 9.17) is 0 Å². The molecule has 1 aliphatic heterocycles. The summed E-state index contributed by atoms with van der Waals surface area (Å²) >= 11 is 0. The molecule has 0 aliphatic carbocycles. The summed E-state index contributed by atoms with van der Waals surface area (Å²) in [7, 11) is 0. The first-order chi connectivity index (χ1) is 10.1. The van der Waals surface area contributed by atoms with Crippen LogP contribution in [-0.4, -0.2) is 32.3 Å². The minimum Gasteiger partial charge on any atom is -0.333 e. The lowest BCUT2D eigenvalue weighted by Gasteiger charge is -2.22. The summed E-state index contributed by atoms with van der Waals surface area (Å²) in [4.78, 5) is 36.6. The molecule has 1 atom stereocenters. The highest BCUT2D eigenvalue weighted by atomic mass is 16.2. The fourth-order valence-corrected chi connectivity index (χ4v) is 2.73. The molecule has 21 heavy (non-hydrogen) atoms. The number of hydrogen-bond acceptors (Lipinski definition) is 4. The molecule has 0 unspecified atom stereocenters. The highest BCUT2D eigenvalue weighted by molar-refractivity contribution is 5.74. The van der Waals surface area contributed by atoms with Gasteiger partial charge in [-0.15, -0.1) is 0 Å². The standard InChI is InChI=1S/C15H16N4O2/c1-10(20)19-8-2-3-13(19)15-17-12(9-14(21)18-15)11-4-6-16-7-5-11/h4-7,9,13H,2-3,8H2,1H3,(H,17,18,21)/t13-/m1/s1. The number of carbonyl (C=O) groups excluding carboxylic acids is 1. The monoisotopic (exact) mass is 284 g/mol. The van der Waals surface area contributed by atoms with Gasteiger partial charge in [-0.1, -0.05) is 0 Å². The van der Waals surface area contributed by atoms with Gasteiger partial charge in [-0.25, -0.2) is 4.98 Å². The van der Waals surface area contributed by atoms with E-state index in [2.05, 4.69) is 15.0 Å². The van der Waals surface area contributed by atoms with E-state index in [1.165, 1.54) is 6.07 Å². The van der Waals surface area contributed by atoms with E-state index in [9.17, 15) is 9.59 Å². The number of nitrogens with zero attached hydrogens (tertiary/aromatic N) is 3. The van der Waals surface area contributed by atoms with E-state index < -0.39 is 0 Å². The quantitative estimate of drug-likeness (QED) is 0.906. The third-order valence-corrected chi connectivity index (χ3v) is 3.71. The first-order valence-corrected chi connectivity index (χ1v) is 6.94. The average Bonchev–Trinajstić information content (AvgIpc) is 2.97. The van der Waals surface area contributed by atoms with Crippen LogP contribution in [-0.2, 0) is 4.79 Å². The van der Waals surface area contributed by atoms with Crippen LogP contribution in [0.3, 0.4) is 0 Å². The van der Waals surface area contributed by atoms with Gasteiger partial charge in [0.1, 0.15) is 5.82 Å². The summed E-state index contributed by atoms with van der Waals surface area (Å²) in [5, 5.41) is 0. The highest BCUT2D eigenvalue weighted by Gasteiger charge is 2.29. The third kappa shape index (κ3) is 2.69. The van der Waals surface area contributed by atoms with Crippen LogP contribution in [0.4, 0.5) is 0 Å². The molecule has 2 aromatic rings. The van der Waals surface area contributed by atoms with E-state index in [1.807, 2.05) is 12.1 Å². The van der Waals surface area contributed by atoms with E-state index in [-0.39, 0.29) is 17.5 Å². The predicted molar refractivity (Wildman–Crippen MR) is 77.5 cm³/mol. The van der Waals surface area contributed by atoms with Gasteiger partial charge in [-0.05, 0) is 25.0 Å². The molecule has 6 heteroatoms. The average molecular weight is 284 g/mol. The number of aromatic amines is 1. The van der Waals surface area contributed by atoms with Crippen LogP contribution in [0.1, 0.15) is 31.6 Å². The molecule has 1 N–H and O–H groups in total. The molecule has 0 bridgehead atoms. The van der Waals surface area contributed by atoms with Crippen molar-refractivity contribution in [2.75, 3.05) is 6.54 Å². The van der Waals surface area contributed by atoms with E-state index in [0.29, 0.717) is 18.1 Å². The SMILES string of the molecule is CC(=O)N1CCC[C@@H]1c1nc(-c2ccncc2)cc(=O)[nH]1. The Morgan fingerprint density at radius 2 is 2.14 bits per heavy atom. The van der Waals surface area contributed by atoms with Gasteiger partial charge in [0.15, 0.2) is 0 Å². The van der Waals surface area contributed by atoms with Gasteiger partial charge >= 0.3 is 0 Å². The van der Waals surface area contributed by atoms with E-state index in [0.717, 1.165) is 18.4 Å². The van der Waals surface area contributed by atoms with Crippen LogP contribution in [0.25, 0.3) is 11.3 Å². The highest BCUT2D eigenvalue weighted by Crippen LogP contribution is 2.30. The van der Waals surface area contributed by atoms with Gasteiger partial charge in [0.25, 0.3) is 5.56 Å². The second-order valence-electron chi connectivity index (χ2n) is 5.12. The van der Waals surface area contributed by atoms with E-state index in [1.54, 1.807) is 24.2 Å². The number of amides is 1. The summed E-state index contributed by atoms with van der Waals surface area (Å²) in [5.74, 6) is 0.566. The van der Waals surface area contributed by atoms with Crippen LogP contribution < -0.4 is 5.56 Å². The lowest BCUT2D eigenvalue weighted by Crippen LogP contribution is -2.30. The van der Waals surface area contributed by atoms with Crippen molar-refractivity contribution < 1.29 is 4.79 Å². The zero-order valence-electron chi connectivity index (χ0n) is 11.7. The number of pyridine rings is 1. The lowest BCUT2D eigenvalue weighted by molar-refractivity contribution is -0.129. The van der Waals surface area contributed by atoms with Gasteiger partial charge < -0.3 is 9.88 Å². The fourth-order valence-electron chi connectivity index (χ4n) is 2.73. The summed E-state index contributed by atoms with van der Waals surface area (Å²) in [6.07, 6.45) is 5.07. The predicted octanol–water partition coefficient (Wildman–Crippen LogP) is 1.52. The maximum absolute atomic E-state index is 11.9. The third-order valence-electron chi connectivity index (χ3n) is 3.71. The molecule has 1 amide bonds. The van der Waals surface area contributed by atoms with Crippen molar-refractivity contribution in [1.29, 1.82) is 0 Å². The molecule has 0 radical (unpaired) electrons. The smallest absolute Gasteiger partial charge is 0.251 e. The number of aromatic nitrogens is 3. The molecule has 6 nitrogen and oxygen atoms in total. The number of H-pyrrole nitrogens is 1. The van der Waals surface area contributed by atoms with Gasteiger partial charge in [-0.3, -0.25) is 14.6 Å². The molecule has 1 fully saturated rings. The lowest BCUT2D eigenvalue weighted by atomic mass is 10.1. The number of likely N-dealkylation sites (tertiary alicyclic amines) is 1. The first-order valence-electron chi connectivity index (χ1n) is 6.94. The van der Waals surface area contributed by atoms with Crippen molar-refractivity contribution in [2.45, 2.75) is 25.8 Å². The van der Waals surface area contributed by atoms with Gasteiger partial charge in [0, 0.05) is 37.5 Å². The van der Waals surface area contributed by atoms with Gasteiger partial charge in [-0.2, -0.15) is 0 Å². The topological polar surface area (TPSA) is 79.0 Å².